The zero-order valence-electron chi connectivity index (χ0n) is 11.2. The Balaban J connectivity index is 1.88. The number of pyridine rings is 1. The molecule has 0 aliphatic heterocycles. The van der Waals surface area contributed by atoms with Crippen LogP contribution in [0.1, 0.15) is 5.69 Å². The van der Waals surface area contributed by atoms with Gasteiger partial charge in [0.2, 0.25) is 0 Å². The van der Waals surface area contributed by atoms with Gasteiger partial charge >= 0.3 is 0 Å². The molecule has 112 valence electrons. The molecule has 0 saturated heterocycles. The summed E-state index contributed by atoms with van der Waals surface area (Å²) in [4.78, 5) is 16.3. The smallest absolute Gasteiger partial charge is 0.258 e. The van der Waals surface area contributed by atoms with E-state index in [-0.39, 0.29) is 17.8 Å². The molecule has 0 unspecified atom stereocenters. The van der Waals surface area contributed by atoms with E-state index >= 15 is 0 Å². The molecule has 0 amide bonds. The summed E-state index contributed by atoms with van der Waals surface area (Å²) in [5, 5.41) is 3.26. The first-order valence-electron chi connectivity index (χ1n) is 6.39. The van der Waals surface area contributed by atoms with Crippen LogP contribution in [0.15, 0.2) is 47.4 Å². The number of benzene rings is 1. The predicted molar refractivity (Wildman–Crippen MR) is 80.2 cm³/mol. The quantitative estimate of drug-likeness (QED) is 0.805. The standard InChI is InChI=1S/C15H10ClF2N3O/c16-9-1-2-14-20-13(6-15(22)21(14)8-9)7-19-12-4-10(17)3-11(18)5-12/h1-6,8,19H,7H2. The first-order valence-corrected chi connectivity index (χ1v) is 6.77. The lowest BCUT2D eigenvalue weighted by molar-refractivity contribution is 0.584. The van der Waals surface area contributed by atoms with Crippen molar-refractivity contribution in [1.29, 1.82) is 0 Å². The fourth-order valence-corrected chi connectivity index (χ4v) is 2.23. The van der Waals surface area contributed by atoms with Gasteiger partial charge in [0.05, 0.1) is 17.3 Å². The Labute approximate surface area is 129 Å². The minimum atomic E-state index is -0.677. The highest BCUT2D eigenvalue weighted by atomic mass is 35.5. The number of aromatic nitrogens is 2. The highest BCUT2D eigenvalue weighted by Gasteiger charge is 2.05. The molecule has 0 bridgehead atoms. The van der Waals surface area contributed by atoms with Crippen molar-refractivity contribution in [2.24, 2.45) is 0 Å². The average Bonchev–Trinajstić information content (AvgIpc) is 2.45. The number of halogens is 3. The Hall–Kier alpha value is -2.47. The monoisotopic (exact) mass is 321 g/mol. The summed E-state index contributed by atoms with van der Waals surface area (Å²) in [6.45, 7) is 0.164. The molecule has 0 fully saturated rings. The van der Waals surface area contributed by atoms with Crippen molar-refractivity contribution >= 4 is 22.9 Å². The number of nitrogens with zero attached hydrogens (tertiary/aromatic N) is 2. The summed E-state index contributed by atoms with van der Waals surface area (Å²) in [5.74, 6) is -1.35. The van der Waals surface area contributed by atoms with Gasteiger partial charge in [0.25, 0.3) is 5.56 Å². The van der Waals surface area contributed by atoms with Crippen molar-refractivity contribution in [3.63, 3.8) is 0 Å². The molecule has 3 rings (SSSR count). The number of fused-ring (bicyclic) bond motifs is 1. The van der Waals surface area contributed by atoms with Gasteiger partial charge in [0.1, 0.15) is 17.3 Å². The van der Waals surface area contributed by atoms with Gasteiger partial charge in [-0.25, -0.2) is 13.8 Å². The van der Waals surface area contributed by atoms with E-state index in [4.69, 9.17) is 11.6 Å². The molecule has 4 nitrogen and oxygen atoms in total. The largest absolute Gasteiger partial charge is 0.379 e. The van der Waals surface area contributed by atoms with Gasteiger partial charge in [-0.2, -0.15) is 0 Å². The van der Waals surface area contributed by atoms with Crippen LogP contribution < -0.4 is 10.9 Å². The summed E-state index contributed by atoms with van der Waals surface area (Å²) in [7, 11) is 0. The van der Waals surface area contributed by atoms with Crippen LogP contribution in [0, 0.1) is 11.6 Å². The lowest BCUT2D eigenvalue weighted by Crippen LogP contribution is -2.16. The number of rotatable bonds is 3. The molecule has 0 saturated carbocycles. The second-order valence-electron chi connectivity index (χ2n) is 4.67. The normalized spacial score (nSPS) is 10.9. The predicted octanol–water partition coefficient (Wildman–Crippen LogP) is 3.24. The van der Waals surface area contributed by atoms with Crippen molar-refractivity contribution in [2.75, 3.05) is 5.32 Å². The SMILES string of the molecule is O=c1cc(CNc2cc(F)cc(F)c2)nc2ccc(Cl)cn12. The third-order valence-corrected chi connectivity index (χ3v) is 3.24. The summed E-state index contributed by atoms with van der Waals surface area (Å²) in [5.41, 5.74) is 0.890. The molecule has 0 aliphatic rings. The van der Waals surface area contributed by atoms with Crippen LogP contribution in [0.3, 0.4) is 0 Å². The maximum Gasteiger partial charge on any atom is 0.258 e. The molecule has 2 aromatic heterocycles. The van der Waals surface area contributed by atoms with E-state index in [9.17, 15) is 13.6 Å². The molecule has 3 aromatic rings. The summed E-state index contributed by atoms with van der Waals surface area (Å²) in [6.07, 6.45) is 1.48. The van der Waals surface area contributed by atoms with Crippen molar-refractivity contribution in [3.8, 4) is 0 Å². The zero-order chi connectivity index (χ0) is 15.7. The minimum absolute atomic E-state index is 0.164. The van der Waals surface area contributed by atoms with Crippen molar-refractivity contribution in [1.82, 2.24) is 9.38 Å². The van der Waals surface area contributed by atoms with Gasteiger partial charge in [0.15, 0.2) is 0 Å². The highest BCUT2D eigenvalue weighted by Crippen LogP contribution is 2.14. The van der Waals surface area contributed by atoms with Crippen molar-refractivity contribution < 1.29 is 8.78 Å². The third kappa shape index (κ3) is 3.07. The third-order valence-electron chi connectivity index (χ3n) is 3.01. The fourth-order valence-electron chi connectivity index (χ4n) is 2.07. The first-order chi connectivity index (χ1) is 10.5. The fraction of sp³-hybridized carbons (Fsp3) is 0.0667. The van der Waals surface area contributed by atoms with Gasteiger partial charge in [-0.3, -0.25) is 9.20 Å². The van der Waals surface area contributed by atoms with Crippen LogP contribution in [0.4, 0.5) is 14.5 Å². The van der Waals surface area contributed by atoms with E-state index in [1.54, 1.807) is 12.1 Å². The zero-order valence-corrected chi connectivity index (χ0v) is 11.9. The lowest BCUT2D eigenvalue weighted by Gasteiger charge is -2.08. The van der Waals surface area contributed by atoms with Crippen LogP contribution in [-0.2, 0) is 6.54 Å². The highest BCUT2D eigenvalue weighted by molar-refractivity contribution is 6.30. The number of anilines is 1. The first kappa shape index (κ1) is 14.5. The minimum Gasteiger partial charge on any atom is -0.379 e. The maximum atomic E-state index is 13.1. The van der Waals surface area contributed by atoms with Crippen molar-refractivity contribution in [2.45, 2.75) is 6.54 Å². The lowest BCUT2D eigenvalue weighted by atomic mass is 10.3. The topological polar surface area (TPSA) is 46.4 Å². The Bertz CT molecular complexity index is 891. The van der Waals surface area contributed by atoms with Gasteiger partial charge in [-0.05, 0) is 24.3 Å². The average molecular weight is 322 g/mol. The maximum absolute atomic E-state index is 13.1. The number of nitrogens with one attached hydrogen (secondary N) is 1. The van der Waals surface area contributed by atoms with E-state index in [0.717, 1.165) is 18.2 Å². The Morgan fingerprint density at radius 3 is 2.59 bits per heavy atom. The van der Waals surface area contributed by atoms with Crippen LogP contribution in [0.2, 0.25) is 5.02 Å². The van der Waals surface area contributed by atoms with E-state index < -0.39 is 11.6 Å². The van der Waals surface area contributed by atoms with Crippen LogP contribution >= 0.6 is 11.6 Å². The molecular formula is C15H10ClF2N3O. The molecule has 0 radical (unpaired) electrons. The summed E-state index contributed by atoms with van der Waals surface area (Å²) < 4.78 is 27.5. The van der Waals surface area contributed by atoms with Gasteiger partial charge < -0.3 is 5.32 Å². The summed E-state index contributed by atoms with van der Waals surface area (Å²) >= 11 is 5.83. The van der Waals surface area contributed by atoms with Crippen LogP contribution in [0.25, 0.3) is 5.65 Å². The molecule has 0 atom stereocenters. The van der Waals surface area contributed by atoms with Gasteiger partial charge in [-0.1, -0.05) is 11.6 Å². The molecular weight excluding hydrogens is 312 g/mol. The number of hydrogen-bond acceptors (Lipinski definition) is 3. The van der Waals surface area contributed by atoms with E-state index in [0.29, 0.717) is 16.4 Å². The van der Waals surface area contributed by atoms with E-state index in [2.05, 4.69) is 10.3 Å². The Morgan fingerprint density at radius 1 is 1.14 bits per heavy atom. The van der Waals surface area contributed by atoms with Gasteiger partial charge in [-0.15, -0.1) is 0 Å². The van der Waals surface area contributed by atoms with Crippen LogP contribution in [0.5, 0.6) is 0 Å². The van der Waals surface area contributed by atoms with Gasteiger partial charge in [0, 0.05) is 24.0 Å². The Kier molecular flexibility index (Phi) is 3.77. The second kappa shape index (κ2) is 5.73. The van der Waals surface area contributed by atoms with E-state index in [1.807, 2.05) is 0 Å². The van der Waals surface area contributed by atoms with Crippen molar-refractivity contribution in [3.05, 3.63) is 75.3 Å². The summed E-state index contributed by atoms with van der Waals surface area (Å²) in [6, 6.07) is 7.70. The molecule has 22 heavy (non-hydrogen) atoms. The second-order valence-corrected chi connectivity index (χ2v) is 5.11. The Morgan fingerprint density at radius 2 is 1.86 bits per heavy atom. The molecule has 0 spiro atoms. The molecule has 2 heterocycles. The van der Waals surface area contributed by atoms with E-state index in [1.165, 1.54) is 16.7 Å². The molecule has 1 N–H and O–H groups in total. The molecule has 0 aliphatic carbocycles. The molecule has 7 heteroatoms. The van der Waals surface area contributed by atoms with Crippen LogP contribution in [-0.4, -0.2) is 9.38 Å². The number of hydrogen-bond donors (Lipinski definition) is 1. The molecule has 1 aromatic carbocycles.